The summed E-state index contributed by atoms with van der Waals surface area (Å²) in [5.74, 6) is 0. The number of hydrogen-bond donors (Lipinski definition) is 1. The molecule has 4 aromatic rings. The fourth-order valence-electron chi connectivity index (χ4n) is 4.59. The lowest BCUT2D eigenvalue weighted by molar-refractivity contribution is 0.341. The first-order valence-corrected chi connectivity index (χ1v) is 10.5. The van der Waals surface area contributed by atoms with Crippen LogP contribution >= 0.6 is 0 Å². The average molecular weight is 383 g/mol. The van der Waals surface area contributed by atoms with E-state index in [-0.39, 0.29) is 0 Å². The molecule has 0 aliphatic heterocycles. The fourth-order valence-corrected chi connectivity index (χ4v) is 4.59. The Morgan fingerprint density at radius 1 is 0.897 bits per heavy atom. The van der Waals surface area contributed by atoms with Crippen molar-refractivity contribution in [3.8, 4) is 11.1 Å². The number of rotatable bonds is 4. The zero-order valence-electron chi connectivity index (χ0n) is 16.6. The largest absolute Gasteiger partial charge is 0.327 e. The van der Waals surface area contributed by atoms with Crippen molar-refractivity contribution in [1.82, 2.24) is 14.1 Å². The summed E-state index contributed by atoms with van der Waals surface area (Å²) < 4.78 is 4.30. The molecule has 1 N–H and O–H groups in total. The second-order valence-electron chi connectivity index (χ2n) is 8.01. The van der Waals surface area contributed by atoms with Crippen LogP contribution in [0.3, 0.4) is 0 Å². The molecule has 1 aliphatic rings. The Morgan fingerprint density at radius 3 is 2.31 bits per heavy atom. The summed E-state index contributed by atoms with van der Waals surface area (Å²) in [5, 5.41) is 10.0. The van der Waals surface area contributed by atoms with Gasteiger partial charge in [0.25, 0.3) is 0 Å². The number of nitrogens with one attached hydrogen (secondary N) is 1. The zero-order chi connectivity index (χ0) is 19.6. The first-order chi connectivity index (χ1) is 14.3. The summed E-state index contributed by atoms with van der Waals surface area (Å²) in [6.45, 7) is 0.754. The Morgan fingerprint density at radius 2 is 1.59 bits per heavy atom. The standard InChI is InChI=1S/C25H26N4/c26-24-23-22(20-12-6-2-7-13-20)17-28(16-19-10-4-1-5-11-19)25(23)27-18-29(24)21-14-8-3-9-15-21/h1-2,4-7,10-13,17-18,21,26H,3,8-9,14-16H2. The molecule has 2 aromatic heterocycles. The van der Waals surface area contributed by atoms with Gasteiger partial charge < -0.3 is 9.13 Å². The Kier molecular flexibility index (Phi) is 4.76. The van der Waals surface area contributed by atoms with Crippen molar-refractivity contribution in [2.75, 3.05) is 0 Å². The Balaban J connectivity index is 1.69. The van der Waals surface area contributed by atoms with Gasteiger partial charge in [0, 0.05) is 24.3 Å². The van der Waals surface area contributed by atoms with Crippen LogP contribution in [0.4, 0.5) is 0 Å². The lowest BCUT2D eigenvalue weighted by Crippen LogP contribution is -2.27. The number of nitrogens with zero attached hydrogens (tertiary/aromatic N) is 3. The van der Waals surface area contributed by atoms with Gasteiger partial charge in [-0.3, -0.25) is 5.41 Å². The second kappa shape index (κ2) is 7.70. The minimum Gasteiger partial charge on any atom is -0.327 e. The topological polar surface area (TPSA) is 46.6 Å². The van der Waals surface area contributed by atoms with Gasteiger partial charge in [-0.25, -0.2) is 4.98 Å². The monoisotopic (exact) mass is 382 g/mol. The van der Waals surface area contributed by atoms with Gasteiger partial charge in [0.2, 0.25) is 0 Å². The molecule has 146 valence electrons. The van der Waals surface area contributed by atoms with Gasteiger partial charge in [-0.15, -0.1) is 0 Å². The van der Waals surface area contributed by atoms with Crippen LogP contribution in [0.25, 0.3) is 22.2 Å². The maximum Gasteiger partial charge on any atom is 0.146 e. The molecule has 4 nitrogen and oxygen atoms in total. The van der Waals surface area contributed by atoms with Crippen molar-refractivity contribution in [3.63, 3.8) is 0 Å². The van der Waals surface area contributed by atoms with Gasteiger partial charge in [0.1, 0.15) is 11.1 Å². The van der Waals surface area contributed by atoms with E-state index in [9.17, 15) is 0 Å². The molecule has 0 amide bonds. The van der Waals surface area contributed by atoms with Gasteiger partial charge >= 0.3 is 0 Å². The Labute approximate surface area is 171 Å². The molecule has 1 saturated carbocycles. The van der Waals surface area contributed by atoms with E-state index in [1.807, 2.05) is 18.5 Å². The molecule has 0 spiro atoms. The molecule has 4 heteroatoms. The summed E-state index contributed by atoms with van der Waals surface area (Å²) in [4.78, 5) is 4.87. The van der Waals surface area contributed by atoms with Crippen LogP contribution in [0.2, 0.25) is 0 Å². The Hall–Kier alpha value is -3.14. The van der Waals surface area contributed by atoms with Crippen molar-refractivity contribution in [2.45, 2.75) is 44.7 Å². The number of benzene rings is 2. The van der Waals surface area contributed by atoms with Crippen molar-refractivity contribution in [3.05, 3.63) is 84.2 Å². The normalized spacial score (nSPS) is 15.0. The van der Waals surface area contributed by atoms with Crippen molar-refractivity contribution < 1.29 is 0 Å². The van der Waals surface area contributed by atoms with E-state index in [0.717, 1.165) is 41.5 Å². The molecule has 0 unspecified atom stereocenters. The van der Waals surface area contributed by atoms with Gasteiger partial charge in [-0.1, -0.05) is 79.9 Å². The highest BCUT2D eigenvalue weighted by molar-refractivity contribution is 5.93. The van der Waals surface area contributed by atoms with Crippen LogP contribution in [-0.2, 0) is 6.54 Å². The van der Waals surface area contributed by atoms with Crippen LogP contribution in [0.1, 0.15) is 43.7 Å². The lowest BCUT2D eigenvalue weighted by atomic mass is 9.95. The quantitative estimate of drug-likeness (QED) is 0.495. The Bertz CT molecular complexity index is 1170. The van der Waals surface area contributed by atoms with E-state index in [0.29, 0.717) is 11.5 Å². The molecule has 0 atom stereocenters. The van der Waals surface area contributed by atoms with Crippen LogP contribution < -0.4 is 5.49 Å². The molecule has 1 aliphatic carbocycles. The molecule has 2 aromatic carbocycles. The first kappa shape index (κ1) is 17.9. The van der Waals surface area contributed by atoms with Crippen LogP contribution in [0, 0.1) is 5.41 Å². The molecule has 29 heavy (non-hydrogen) atoms. The predicted molar refractivity (Wildman–Crippen MR) is 117 cm³/mol. The average Bonchev–Trinajstić information content (AvgIpc) is 3.15. The number of aromatic nitrogens is 3. The van der Waals surface area contributed by atoms with Gasteiger partial charge in [-0.2, -0.15) is 0 Å². The molecular formula is C25H26N4. The van der Waals surface area contributed by atoms with E-state index in [1.165, 1.54) is 24.8 Å². The molecule has 0 radical (unpaired) electrons. The van der Waals surface area contributed by atoms with Crippen LogP contribution in [0.5, 0.6) is 0 Å². The maximum absolute atomic E-state index is 9.07. The third-order valence-electron chi connectivity index (χ3n) is 6.10. The van der Waals surface area contributed by atoms with E-state index in [2.05, 4.69) is 63.9 Å². The SMILES string of the molecule is N=c1c2c(-c3ccccc3)cn(Cc3ccccc3)c2ncn1C1CCCCC1. The summed E-state index contributed by atoms with van der Waals surface area (Å²) in [7, 11) is 0. The number of hydrogen-bond acceptors (Lipinski definition) is 2. The van der Waals surface area contributed by atoms with E-state index >= 15 is 0 Å². The highest BCUT2D eigenvalue weighted by Crippen LogP contribution is 2.30. The van der Waals surface area contributed by atoms with Gasteiger partial charge in [-0.05, 0) is 24.0 Å². The van der Waals surface area contributed by atoms with Crippen LogP contribution in [0.15, 0.2) is 73.2 Å². The molecule has 2 heterocycles. The maximum atomic E-state index is 9.07. The molecule has 0 saturated heterocycles. The smallest absolute Gasteiger partial charge is 0.146 e. The zero-order valence-corrected chi connectivity index (χ0v) is 16.6. The highest BCUT2D eigenvalue weighted by Gasteiger charge is 2.20. The molecule has 1 fully saturated rings. The van der Waals surface area contributed by atoms with Crippen molar-refractivity contribution >= 4 is 11.0 Å². The van der Waals surface area contributed by atoms with Gasteiger partial charge in [0.05, 0.1) is 11.7 Å². The summed E-state index contributed by atoms with van der Waals surface area (Å²) in [5.41, 5.74) is 4.96. The third kappa shape index (κ3) is 3.39. The summed E-state index contributed by atoms with van der Waals surface area (Å²) in [6.07, 6.45) is 10.2. The van der Waals surface area contributed by atoms with Crippen molar-refractivity contribution in [1.29, 1.82) is 5.41 Å². The lowest BCUT2D eigenvalue weighted by Gasteiger charge is -2.24. The number of fused-ring (bicyclic) bond motifs is 1. The molecule has 0 bridgehead atoms. The minimum absolute atomic E-state index is 0.397. The van der Waals surface area contributed by atoms with Gasteiger partial charge in [0.15, 0.2) is 0 Å². The van der Waals surface area contributed by atoms with E-state index < -0.39 is 0 Å². The van der Waals surface area contributed by atoms with Crippen LogP contribution in [-0.4, -0.2) is 14.1 Å². The molecule has 5 rings (SSSR count). The third-order valence-corrected chi connectivity index (χ3v) is 6.10. The summed E-state index contributed by atoms with van der Waals surface area (Å²) >= 11 is 0. The first-order valence-electron chi connectivity index (χ1n) is 10.5. The fraction of sp³-hybridized carbons (Fsp3) is 0.280. The highest BCUT2D eigenvalue weighted by atomic mass is 15.1. The van der Waals surface area contributed by atoms with E-state index in [4.69, 9.17) is 10.4 Å². The minimum atomic E-state index is 0.397. The second-order valence-corrected chi connectivity index (χ2v) is 8.01. The van der Waals surface area contributed by atoms with E-state index in [1.54, 1.807) is 0 Å². The van der Waals surface area contributed by atoms with Crippen molar-refractivity contribution in [2.24, 2.45) is 0 Å². The summed E-state index contributed by atoms with van der Waals surface area (Å²) in [6, 6.07) is 21.3. The molecular weight excluding hydrogens is 356 g/mol. The predicted octanol–water partition coefficient (Wildman–Crippen LogP) is 5.54.